The molecule has 0 radical (unpaired) electrons. The average molecular weight is 532 g/mol. The minimum Gasteiger partial charge on any atom is -0.493 e. The predicted molar refractivity (Wildman–Crippen MR) is 150 cm³/mol. The van der Waals surface area contributed by atoms with Crippen LogP contribution in [0.5, 0.6) is 11.5 Å². The van der Waals surface area contributed by atoms with Crippen LogP contribution in [0.1, 0.15) is 69.2 Å². The largest absolute Gasteiger partial charge is 0.493 e. The summed E-state index contributed by atoms with van der Waals surface area (Å²) in [5.41, 5.74) is 0.587. The predicted octanol–water partition coefficient (Wildman–Crippen LogP) is 4.23. The summed E-state index contributed by atoms with van der Waals surface area (Å²) < 4.78 is 16.5. The van der Waals surface area contributed by atoms with Gasteiger partial charge in [-0.1, -0.05) is 19.3 Å². The first-order valence-corrected chi connectivity index (χ1v) is 14.4. The second kappa shape index (κ2) is 15.3. The summed E-state index contributed by atoms with van der Waals surface area (Å²) in [6, 6.07) is 5.43. The number of ether oxygens (including phenoxy) is 3. The summed E-state index contributed by atoms with van der Waals surface area (Å²) in [5, 5.41) is 3.51. The Morgan fingerprint density at radius 3 is 2.37 bits per heavy atom. The summed E-state index contributed by atoms with van der Waals surface area (Å²) in [6.07, 6.45) is 7.61. The molecule has 1 aliphatic heterocycles. The molecule has 0 unspecified atom stereocenters. The molecule has 1 N–H and O–H groups in total. The van der Waals surface area contributed by atoms with Gasteiger partial charge < -0.3 is 29.3 Å². The fourth-order valence-corrected chi connectivity index (χ4v) is 5.72. The number of amides is 2. The summed E-state index contributed by atoms with van der Waals surface area (Å²) in [4.78, 5) is 30.5. The smallest absolute Gasteiger partial charge is 0.254 e. The standard InChI is InChI=1S/C30H49N3O5/c1-22(2)33(30(35)24-12-13-27(37-5)28(17-24)38-15-9-14-36-4)21-26-19-31-18-25(26)20-32(3)29(34)16-23-10-7-6-8-11-23/h12-13,17,22-23,25-26,31H,6-11,14-16,18-21H2,1-5H3/t25-,26-/m0/s1. The SMILES string of the molecule is COCCCOc1cc(C(=O)N(C[C@@H]2CNC[C@H]2CN(C)C(=O)CC2CCCCC2)C(C)C)ccc1OC. The Bertz CT molecular complexity index is 887. The van der Waals surface area contributed by atoms with Crippen molar-refractivity contribution < 1.29 is 23.8 Å². The van der Waals surface area contributed by atoms with E-state index in [0.717, 1.165) is 26.1 Å². The molecule has 0 spiro atoms. The van der Waals surface area contributed by atoms with Gasteiger partial charge in [-0.3, -0.25) is 9.59 Å². The second-order valence-electron chi connectivity index (χ2n) is 11.3. The van der Waals surface area contributed by atoms with Gasteiger partial charge in [0.15, 0.2) is 11.5 Å². The van der Waals surface area contributed by atoms with Crippen molar-refractivity contribution in [2.45, 2.75) is 64.8 Å². The van der Waals surface area contributed by atoms with E-state index in [4.69, 9.17) is 14.2 Å². The fraction of sp³-hybridized carbons (Fsp3) is 0.733. The molecule has 214 valence electrons. The van der Waals surface area contributed by atoms with Crippen molar-refractivity contribution >= 4 is 11.8 Å². The van der Waals surface area contributed by atoms with Gasteiger partial charge >= 0.3 is 0 Å². The quantitative estimate of drug-likeness (QED) is 0.362. The first kappa shape index (κ1) is 30.2. The highest BCUT2D eigenvalue weighted by atomic mass is 16.5. The van der Waals surface area contributed by atoms with Gasteiger partial charge in [-0.15, -0.1) is 0 Å². The highest BCUT2D eigenvalue weighted by Crippen LogP contribution is 2.30. The highest BCUT2D eigenvalue weighted by Gasteiger charge is 2.33. The Morgan fingerprint density at radius 2 is 1.71 bits per heavy atom. The van der Waals surface area contributed by atoms with Gasteiger partial charge in [0.25, 0.3) is 5.91 Å². The van der Waals surface area contributed by atoms with E-state index in [1.54, 1.807) is 32.4 Å². The molecule has 2 atom stereocenters. The summed E-state index contributed by atoms with van der Waals surface area (Å²) in [6.45, 7) is 8.30. The maximum atomic E-state index is 13.7. The Balaban J connectivity index is 1.63. The zero-order chi connectivity index (χ0) is 27.5. The number of hydrogen-bond donors (Lipinski definition) is 1. The van der Waals surface area contributed by atoms with Crippen LogP contribution in [0.3, 0.4) is 0 Å². The number of hydrogen-bond acceptors (Lipinski definition) is 6. The van der Waals surface area contributed by atoms with Crippen LogP contribution in [0.2, 0.25) is 0 Å². The van der Waals surface area contributed by atoms with Gasteiger partial charge in [0.2, 0.25) is 5.91 Å². The molecule has 3 rings (SSSR count). The van der Waals surface area contributed by atoms with Gasteiger partial charge in [0.05, 0.1) is 13.7 Å². The molecule has 2 aliphatic rings. The number of benzene rings is 1. The molecule has 2 fully saturated rings. The lowest BCUT2D eigenvalue weighted by Crippen LogP contribution is -2.44. The Labute approximate surface area is 229 Å². The van der Waals surface area contributed by atoms with Crippen molar-refractivity contribution in [3.8, 4) is 11.5 Å². The second-order valence-corrected chi connectivity index (χ2v) is 11.3. The van der Waals surface area contributed by atoms with Crippen LogP contribution in [0, 0.1) is 17.8 Å². The summed E-state index contributed by atoms with van der Waals surface area (Å²) in [7, 11) is 5.21. The van der Waals surface area contributed by atoms with Crippen LogP contribution in [0.4, 0.5) is 0 Å². The molecule has 1 heterocycles. The molecule has 1 aromatic carbocycles. The minimum absolute atomic E-state index is 0.0169. The van der Waals surface area contributed by atoms with Gasteiger partial charge in [-0.2, -0.15) is 0 Å². The molecular formula is C30H49N3O5. The lowest BCUT2D eigenvalue weighted by Gasteiger charge is -2.33. The zero-order valence-corrected chi connectivity index (χ0v) is 24.2. The van der Waals surface area contributed by atoms with E-state index in [9.17, 15) is 9.59 Å². The first-order valence-electron chi connectivity index (χ1n) is 14.4. The molecule has 1 saturated carbocycles. The van der Waals surface area contributed by atoms with Crippen LogP contribution < -0.4 is 14.8 Å². The molecule has 8 nitrogen and oxygen atoms in total. The maximum absolute atomic E-state index is 13.7. The van der Waals surface area contributed by atoms with Crippen molar-refractivity contribution in [3.63, 3.8) is 0 Å². The molecule has 8 heteroatoms. The number of methoxy groups -OCH3 is 2. The van der Waals surface area contributed by atoms with Crippen LogP contribution in [0.15, 0.2) is 18.2 Å². The van der Waals surface area contributed by atoms with Crippen molar-refractivity contribution in [2.75, 3.05) is 60.7 Å². The minimum atomic E-state index is -0.0169. The van der Waals surface area contributed by atoms with Crippen LogP contribution in [-0.2, 0) is 9.53 Å². The fourth-order valence-electron chi connectivity index (χ4n) is 5.72. The molecule has 2 amide bonds. The van der Waals surface area contributed by atoms with E-state index < -0.39 is 0 Å². The van der Waals surface area contributed by atoms with Gasteiger partial charge in [0.1, 0.15) is 0 Å². The van der Waals surface area contributed by atoms with Crippen LogP contribution in [-0.4, -0.2) is 88.3 Å². The van der Waals surface area contributed by atoms with Crippen molar-refractivity contribution in [1.29, 1.82) is 0 Å². The monoisotopic (exact) mass is 531 g/mol. The van der Waals surface area contributed by atoms with Crippen molar-refractivity contribution in [1.82, 2.24) is 15.1 Å². The zero-order valence-electron chi connectivity index (χ0n) is 24.2. The third-order valence-corrected chi connectivity index (χ3v) is 8.08. The third kappa shape index (κ3) is 8.60. The lowest BCUT2D eigenvalue weighted by atomic mass is 9.86. The molecule has 0 aromatic heterocycles. The maximum Gasteiger partial charge on any atom is 0.254 e. The van der Waals surface area contributed by atoms with E-state index >= 15 is 0 Å². The number of rotatable bonds is 14. The Kier molecular flexibility index (Phi) is 12.2. The topological polar surface area (TPSA) is 80.3 Å². The molecule has 1 aromatic rings. The third-order valence-electron chi connectivity index (χ3n) is 8.08. The van der Waals surface area contributed by atoms with E-state index in [1.165, 1.54) is 32.1 Å². The average Bonchev–Trinajstić information content (AvgIpc) is 3.36. The van der Waals surface area contributed by atoms with Crippen molar-refractivity contribution in [3.05, 3.63) is 23.8 Å². The van der Waals surface area contributed by atoms with E-state index in [-0.39, 0.29) is 23.8 Å². The van der Waals surface area contributed by atoms with Crippen LogP contribution >= 0.6 is 0 Å². The van der Waals surface area contributed by atoms with E-state index in [2.05, 4.69) is 19.2 Å². The van der Waals surface area contributed by atoms with Gasteiger partial charge in [-0.25, -0.2) is 0 Å². The molecule has 38 heavy (non-hydrogen) atoms. The normalized spacial score (nSPS) is 19.9. The van der Waals surface area contributed by atoms with Crippen LogP contribution in [0.25, 0.3) is 0 Å². The van der Waals surface area contributed by atoms with E-state index in [0.29, 0.717) is 55.1 Å². The summed E-state index contributed by atoms with van der Waals surface area (Å²) in [5.74, 6) is 2.57. The number of carbonyl (C=O) groups is 2. The highest BCUT2D eigenvalue weighted by molar-refractivity contribution is 5.95. The van der Waals surface area contributed by atoms with Gasteiger partial charge in [-0.05, 0) is 62.6 Å². The van der Waals surface area contributed by atoms with Gasteiger partial charge in [0, 0.05) is 71.4 Å². The number of nitrogens with one attached hydrogen (secondary N) is 1. The number of nitrogens with zero attached hydrogens (tertiary/aromatic N) is 2. The Hall–Kier alpha value is -2.32. The molecule has 0 bridgehead atoms. The Morgan fingerprint density at radius 1 is 1.00 bits per heavy atom. The first-order chi connectivity index (χ1) is 18.3. The molecular weight excluding hydrogens is 482 g/mol. The summed E-state index contributed by atoms with van der Waals surface area (Å²) >= 11 is 0. The van der Waals surface area contributed by atoms with E-state index in [1.807, 2.05) is 16.8 Å². The van der Waals surface area contributed by atoms with Crippen molar-refractivity contribution in [2.24, 2.45) is 17.8 Å². The molecule has 1 saturated heterocycles. The lowest BCUT2D eigenvalue weighted by molar-refractivity contribution is -0.131. The molecule has 1 aliphatic carbocycles. The number of carbonyl (C=O) groups excluding carboxylic acids is 2.